The molecule has 2 aromatic rings. The summed E-state index contributed by atoms with van der Waals surface area (Å²) in [7, 11) is 5.74. The van der Waals surface area contributed by atoms with E-state index in [1.807, 2.05) is 12.1 Å². The summed E-state index contributed by atoms with van der Waals surface area (Å²) in [4.78, 5) is 0. The van der Waals surface area contributed by atoms with Gasteiger partial charge < -0.3 is 9.47 Å². The number of ether oxygens (including phenoxy) is 2. The van der Waals surface area contributed by atoms with E-state index in [2.05, 4.69) is 36.4 Å². The largest absolute Gasteiger partial charge is 0.496 e. The highest BCUT2D eigenvalue weighted by Gasteiger charge is 2.02. The van der Waals surface area contributed by atoms with Gasteiger partial charge in [0.2, 0.25) is 0 Å². The van der Waals surface area contributed by atoms with Crippen LogP contribution >= 0.6 is 17.2 Å². The quantitative estimate of drug-likeness (QED) is 0.326. The van der Waals surface area contributed by atoms with E-state index in [1.54, 1.807) is 14.2 Å². The molecule has 4 heteroatoms. The van der Waals surface area contributed by atoms with E-state index in [-0.39, 0.29) is 0 Å². The van der Waals surface area contributed by atoms with Crippen molar-refractivity contribution >= 4 is 17.2 Å². The molecule has 2 aromatic carbocycles. The Balaban J connectivity index is 1.47. The Morgan fingerprint density at radius 1 is 0.615 bits per heavy atom. The van der Waals surface area contributed by atoms with Crippen LogP contribution < -0.4 is 9.47 Å². The van der Waals surface area contributed by atoms with Gasteiger partial charge in [0.25, 0.3) is 0 Å². The predicted octanol–water partition coefficient (Wildman–Crippen LogP) is 5.63. The monoisotopic (exact) mass is 390 g/mol. The summed E-state index contributed by atoms with van der Waals surface area (Å²) in [6, 6.07) is 16.8. The molecular formula is C22H32O2P2. The molecule has 26 heavy (non-hydrogen) atoms. The fraction of sp³-hybridized carbons (Fsp3) is 0.455. The van der Waals surface area contributed by atoms with Crippen LogP contribution in [-0.4, -0.2) is 38.9 Å². The summed E-state index contributed by atoms with van der Waals surface area (Å²) in [5.41, 5.74) is 2.69. The van der Waals surface area contributed by atoms with Gasteiger partial charge in [-0.3, -0.25) is 0 Å². The fourth-order valence-electron chi connectivity index (χ4n) is 3.05. The normalized spacial score (nSPS) is 11.6. The molecule has 0 fully saturated rings. The molecule has 0 radical (unpaired) electrons. The van der Waals surface area contributed by atoms with Crippen molar-refractivity contribution in [2.45, 2.75) is 25.7 Å². The number of methoxy groups -OCH3 is 2. The van der Waals surface area contributed by atoms with Crippen molar-refractivity contribution in [3.8, 4) is 11.5 Å². The van der Waals surface area contributed by atoms with Crippen molar-refractivity contribution in [3.05, 3.63) is 59.7 Å². The van der Waals surface area contributed by atoms with Gasteiger partial charge in [0.05, 0.1) is 14.2 Å². The summed E-state index contributed by atoms with van der Waals surface area (Å²) >= 11 is 0. The highest BCUT2D eigenvalue weighted by Crippen LogP contribution is 2.24. The molecule has 0 amide bonds. The van der Waals surface area contributed by atoms with E-state index >= 15 is 0 Å². The van der Waals surface area contributed by atoms with Crippen molar-refractivity contribution in [1.82, 2.24) is 0 Å². The Kier molecular flexibility index (Phi) is 10.7. The first-order valence-electron chi connectivity index (χ1n) is 9.50. The molecule has 2 rings (SSSR count). The zero-order valence-electron chi connectivity index (χ0n) is 16.1. The zero-order chi connectivity index (χ0) is 18.5. The molecule has 0 saturated carbocycles. The summed E-state index contributed by atoms with van der Waals surface area (Å²) in [6.07, 6.45) is 10.3. The second kappa shape index (κ2) is 13.1. The average Bonchev–Trinajstić information content (AvgIpc) is 2.70. The molecule has 142 valence electrons. The zero-order valence-corrected chi connectivity index (χ0v) is 18.1. The van der Waals surface area contributed by atoms with Crippen molar-refractivity contribution in [2.24, 2.45) is 0 Å². The lowest BCUT2D eigenvalue weighted by Crippen LogP contribution is -1.94. The standard InChI is InChI=1S/C22H32O2P2/c1-23-21-13-5-3-9-19(21)11-7-15-25-17-18-26-16-8-12-20-10-4-6-14-22(20)24-2/h3-6,9-10,13-14,25-26H,7-8,11-12,15-18H2,1-2H3. The third kappa shape index (κ3) is 7.65. The minimum Gasteiger partial charge on any atom is -0.496 e. The minimum atomic E-state index is 1.03. The first-order valence-corrected chi connectivity index (χ1v) is 12.3. The van der Waals surface area contributed by atoms with E-state index in [4.69, 9.17) is 9.47 Å². The number of hydrogen-bond donors (Lipinski definition) is 0. The van der Waals surface area contributed by atoms with Crippen LogP contribution in [0.15, 0.2) is 48.5 Å². The van der Waals surface area contributed by atoms with Crippen LogP contribution in [0.1, 0.15) is 24.0 Å². The topological polar surface area (TPSA) is 18.5 Å². The predicted molar refractivity (Wildman–Crippen MR) is 119 cm³/mol. The molecule has 0 spiro atoms. The van der Waals surface area contributed by atoms with Gasteiger partial charge in [-0.2, -0.15) is 0 Å². The Labute approximate surface area is 162 Å². The first kappa shape index (κ1) is 21.2. The van der Waals surface area contributed by atoms with E-state index in [9.17, 15) is 0 Å². The van der Waals surface area contributed by atoms with Gasteiger partial charge in [-0.1, -0.05) is 36.4 Å². The fourth-order valence-corrected chi connectivity index (χ4v) is 5.82. The third-order valence-electron chi connectivity index (χ3n) is 4.46. The van der Waals surface area contributed by atoms with Crippen molar-refractivity contribution in [1.29, 1.82) is 0 Å². The van der Waals surface area contributed by atoms with Crippen LogP contribution in [0.25, 0.3) is 0 Å². The van der Waals surface area contributed by atoms with Gasteiger partial charge in [0.15, 0.2) is 0 Å². The Bertz CT molecular complexity index is 576. The maximum absolute atomic E-state index is 5.42. The SMILES string of the molecule is COc1ccccc1CCCPCCPCCCc1ccccc1OC. The highest BCUT2D eigenvalue weighted by molar-refractivity contribution is 7.42. The van der Waals surface area contributed by atoms with Crippen molar-refractivity contribution in [2.75, 3.05) is 38.9 Å². The molecular weight excluding hydrogens is 358 g/mol. The van der Waals surface area contributed by atoms with Crippen molar-refractivity contribution < 1.29 is 9.47 Å². The maximum atomic E-state index is 5.42. The second-order valence-corrected chi connectivity index (χ2v) is 9.33. The minimum absolute atomic E-state index is 1.03. The van der Waals surface area contributed by atoms with E-state index in [0.29, 0.717) is 0 Å². The smallest absolute Gasteiger partial charge is 0.122 e. The molecule has 0 bridgehead atoms. The summed E-state index contributed by atoms with van der Waals surface area (Å²) in [5.74, 6) is 2.07. The first-order chi connectivity index (χ1) is 12.8. The van der Waals surface area contributed by atoms with Crippen LogP contribution in [0.4, 0.5) is 0 Å². The van der Waals surface area contributed by atoms with E-state index in [0.717, 1.165) is 41.5 Å². The van der Waals surface area contributed by atoms with Crippen LogP contribution in [-0.2, 0) is 12.8 Å². The molecule has 2 atom stereocenters. The van der Waals surface area contributed by atoms with E-state index < -0.39 is 0 Å². The molecule has 0 aliphatic carbocycles. The van der Waals surface area contributed by atoms with Gasteiger partial charge in [-0.05, 0) is 73.6 Å². The molecule has 2 nitrogen and oxygen atoms in total. The Morgan fingerprint density at radius 3 is 1.46 bits per heavy atom. The molecule has 0 saturated heterocycles. The molecule has 0 heterocycles. The average molecular weight is 390 g/mol. The molecule has 2 unspecified atom stereocenters. The Morgan fingerprint density at radius 2 is 1.04 bits per heavy atom. The van der Waals surface area contributed by atoms with Crippen LogP contribution in [0, 0.1) is 0 Å². The highest BCUT2D eigenvalue weighted by atomic mass is 31.1. The number of aryl methyl sites for hydroxylation is 2. The summed E-state index contributed by atoms with van der Waals surface area (Å²) in [5, 5.41) is 0. The van der Waals surface area contributed by atoms with Gasteiger partial charge in [0, 0.05) is 0 Å². The summed E-state index contributed by atoms with van der Waals surface area (Å²) < 4.78 is 10.8. The number of benzene rings is 2. The number of rotatable bonds is 13. The maximum Gasteiger partial charge on any atom is 0.122 e. The molecule has 0 N–H and O–H groups in total. The molecule has 0 aromatic heterocycles. The summed E-state index contributed by atoms with van der Waals surface area (Å²) in [6.45, 7) is 0. The lowest BCUT2D eigenvalue weighted by Gasteiger charge is -2.08. The lowest BCUT2D eigenvalue weighted by molar-refractivity contribution is 0.409. The Hall–Kier alpha value is -1.10. The van der Waals surface area contributed by atoms with Gasteiger partial charge in [-0.25, -0.2) is 0 Å². The number of para-hydroxylation sites is 2. The third-order valence-corrected chi connectivity index (χ3v) is 7.58. The van der Waals surface area contributed by atoms with Crippen LogP contribution in [0.3, 0.4) is 0 Å². The van der Waals surface area contributed by atoms with Gasteiger partial charge in [-0.15, -0.1) is 17.2 Å². The van der Waals surface area contributed by atoms with Gasteiger partial charge in [0.1, 0.15) is 11.5 Å². The second-order valence-electron chi connectivity index (χ2n) is 6.33. The molecule has 0 aliphatic heterocycles. The molecule has 0 aliphatic rings. The van der Waals surface area contributed by atoms with Crippen LogP contribution in [0.2, 0.25) is 0 Å². The number of hydrogen-bond acceptors (Lipinski definition) is 2. The lowest BCUT2D eigenvalue weighted by atomic mass is 10.1. The van der Waals surface area contributed by atoms with E-state index in [1.165, 1.54) is 48.6 Å². The van der Waals surface area contributed by atoms with Crippen molar-refractivity contribution in [3.63, 3.8) is 0 Å². The van der Waals surface area contributed by atoms with Crippen LogP contribution in [0.5, 0.6) is 11.5 Å². The van der Waals surface area contributed by atoms with Gasteiger partial charge >= 0.3 is 0 Å².